The highest BCUT2D eigenvalue weighted by atomic mass is 16.1. The van der Waals surface area contributed by atoms with E-state index in [9.17, 15) is 4.79 Å². The van der Waals surface area contributed by atoms with E-state index in [-0.39, 0.29) is 0 Å². The summed E-state index contributed by atoms with van der Waals surface area (Å²) in [4.78, 5) is 14.8. The molecule has 0 aliphatic heterocycles. The smallest absolute Gasteiger partial charge is 0.139 e. The van der Waals surface area contributed by atoms with Gasteiger partial charge in [0.1, 0.15) is 6.29 Å². The Morgan fingerprint density at radius 2 is 1.94 bits per heavy atom. The van der Waals surface area contributed by atoms with E-state index in [0.717, 1.165) is 22.7 Å². The SMILES string of the molecule is O=CCn1c2ccccc2c2ccncc21. The van der Waals surface area contributed by atoms with Crippen molar-refractivity contribution in [1.29, 1.82) is 0 Å². The Balaban J connectivity index is 2.53. The normalized spacial score (nSPS) is 11.0. The van der Waals surface area contributed by atoms with Crippen molar-refractivity contribution in [2.24, 2.45) is 0 Å². The van der Waals surface area contributed by atoms with E-state index in [1.165, 1.54) is 5.39 Å². The largest absolute Gasteiger partial charge is 0.332 e. The van der Waals surface area contributed by atoms with Gasteiger partial charge in [-0.1, -0.05) is 18.2 Å². The highest BCUT2D eigenvalue weighted by molar-refractivity contribution is 6.07. The lowest BCUT2D eigenvalue weighted by Crippen LogP contribution is -1.97. The molecule has 0 atom stereocenters. The first kappa shape index (κ1) is 9.09. The quantitative estimate of drug-likeness (QED) is 0.609. The lowest BCUT2D eigenvalue weighted by molar-refractivity contribution is -0.108. The molecule has 0 bridgehead atoms. The summed E-state index contributed by atoms with van der Waals surface area (Å²) >= 11 is 0. The van der Waals surface area contributed by atoms with Crippen molar-refractivity contribution in [2.45, 2.75) is 6.54 Å². The first-order valence-corrected chi connectivity index (χ1v) is 5.16. The third-order valence-electron chi connectivity index (χ3n) is 2.83. The third-order valence-corrected chi connectivity index (χ3v) is 2.83. The molecule has 0 unspecified atom stereocenters. The summed E-state index contributed by atoms with van der Waals surface area (Å²) in [6, 6.07) is 10.1. The molecule has 3 aromatic rings. The van der Waals surface area contributed by atoms with E-state index in [2.05, 4.69) is 11.1 Å². The Kier molecular flexibility index (Phi) is 1.96. The number of aldehydes is 1. The van der Waals surface area contributed by atoms with Gasteiger partial charge in [-0.25, -0.2) is 0 Å². The second kappa shape index (κ2) is 3.45. The van der Waals surface area contributed by atoms with Crippen LogP contribution in [0, 0.1) is 0 Å². The molecule has 0 N–H and O–H groups in total. The molecule has 1 aromatic carbocycles. The Morgan fingerprint density at radius 1 is 1.12 bits per heavy atom. The van der Waals surface area contributed by atoms with E-state index >= 15 is 0 Å². The average Bonchev–Trinajstić information content (AvgIpc) is 2.66. The number of hydrogen-bond donors (Lipinski definition) is 0. The molecule has 0 radical (unpaired) electrons. The van der Waals surface area contributed by atoms with Crippen molar-refractivity contribution in [2.75, 3.05) is 0 Å². The Bertz CT molecular complexity index is 617. The highest BCUT2D eigenvalue weighted by Crippen LogP contribution is 2.27. The predicted molar refractivity (Wildman–Crippen MR) is 63.3 cm³/mol. The van der Waals surface area contributed by atoms with Crippen molar-refractivity contribution >= 4 is 28.1 Å². The molecule has 0 aliphatic rings. The van der Waals surface area contributed by atoms with Gasteiger partial charge < -0.3 is 9.36 Å². The molecule has 0 saturated heterocycles. The van der Waals surface area contributed by atoms with Crippen LogP contribution < -0.4 is 0 Å². The van der Waals surface area contributed by atoms with E-state index < -0.39 is 0 Å². The fraction of sp³-hybridized carbons (Fsp3) is 0.0769. The van der Waals surface area contributed by atoms with Crippen LogP contribution in [0.2, 0.25) is 0 Å². The van der Waals surface area contributed by atoms with Gasteiger partial charge in [-0.15, -0.1) is 0 Å². The van der Waals surface area contributed by atoms with Crippen LogP contribution in [0.25, 0.3) is 21.8 Å². The number of para-hydroxylation sites is 1. The molecule has 0 amide bonds. The lowest BCUT2D eigenvalue weighted by atomic mass is 10.2. The van der Waals surface area contributed by atoms with Crippen LogP contribution >= 0.6 is 0 Å². The number of benzene rings is 1. The number of nitrogens with zero attached hydrogens (tertiary/aromatic N) is 2. The number of fused-ring (bicyclic) bond motifs is 3. The highest BCUT2D eigenvalue weighted by Gasteiger charge is 2.08. The monoisotopic (exact) mass is 210 g/mol. The number of rotatable bonds is 2. The van der Waals surface area contributed by atoms with Crippen molar-refractivity contribution in [3.8, 4) is 0 Å². The molecule has 16 heavy (non-hydrogen) atoms. The minimum Gasteiger partial charge on any atom is -0.332 e. The average molecular weight is 210 g/mol. The van der Waals surface area contributed by atoms with Crippen LogP contribution in [-0.2, 0) is 11.3 Å². The molecular formula is C13H10N2O. The molecule has 2 heterocycles. The Labute approximate surface area is 92.3 Å². The van der Waals surface area contributed by atoms with Gasteiger partial charge in [0, 0.05) is 22.5 Å². The maximum absolute atomic E-state index is 10.7. The molecule has 3 nitrogen and oxygen atoms in total. The summed E-state index contributed by atoms with van der Waals surface area (Å²) in [5.41, 5.74) is 2.09. The number of pyridine rings is 1. The van der Waals surface area contributed by atoms with Gasteiger partial charge >= 0.3 is 0 Å². The van der Waals surface area contributed by atoms with Crippen LogP contribution in [-0.4, -0.2) is 15.8 Å². The maximum atomic E-state index is 10.7. The molecular weight excluding hydrogens is 200 g/mol. The zero-order chi connectivity index (χ0) is 11.0. The number of carbonyl (C=O) groups is 1. The van der Waals surface area contributed by atoms with Crippen LogP contribution in [0.5, 0.6) is 0 Å². The topological polar surface area (TPSA) is 34.9 Å². The maximum Gasteiger partial charge on any atom is 0.139 e. The van der Waals surface area contributed by atoms with Crippen LogP contribution in [0.15, 0.2) is 42.7 Å². The van der Waals surface area contributed by atoms with Crippen molar-refractivity contribution in [3.05, 3.63) is 42.7 Å². The fourth-order valence-corrected chi connectivity index (χ4v) is 2.17. The molecule has 0 saturated carbocycles. The second-order valence-electron chi connectivity index (χ2n) is 3.69. The van der Waals surface area contributed by atoms with Gasteiger partial charge in [-0.05, 0) is 12.1 Å². The zero-order valence-corrected chi connectivity index (χ0v) is 8.63. The lowest BCUT2D eigenvalue weighted by Gasteiger charge is -2.00. The van der Waals surface area contributed by atoms with Gasteiger partial charge in [-0.3, -0.25) is 4.98 Å². The summed E-state index contributed by atoms with van der Waals surface area (Å²) in [7, 11) is 0. The van der Waals surface area contributed by atoms with Gasteiger partial charge in [0.15, 0.2) is 0 Å². The molecule has 0 aliphatic carbocycles. The minimum absolute atomic E-state index is 0.371. The zero-order valence-electron chi connectivity index (χ0n) is 8.63. The van der Waals surface area contributed by atoms with Crippen molar-refractivity contribution in [1.82, 2.24) is 9.55 Å². The van der Waals surface area contributed by atoms with E-state index in [1.807, 2.05) is 28.8 Å². The van der Waals surface area contributed by atoms with Crippen molar-refractivity contribution in [3.63, 3.8) is 0 Å². The Hall–Kier alpha value is -2.16. The van der Waals surface area contributed by atoms with E-state index in [0.29, 0.717) is 6.54 Å². The molecule has 0 spiro atoms. The molecule has 0 fully saturated rings. The second-order valence-corrected chi connectivity index (χ2v) is 3.69. The van der Waals surface area contributed by atoms with Gasteiger partial charge in [0.2, 0.25) is 0 Å². The van der Waals surface area contributed by atoms with Crippen LogP contribution in [0.4, 0.5) is 0 Å². The third kappa shape index (κ3) is 1.15. The van der Waals surface area contributed by atoms with Crippen LogP contribution in [0.1, 0.15) is 0 Å². The fourth-order valence-electron chi connectivity index (χ4n) is 2.17. The first-order chi connectivity index (χ1) is 7.92. The predicted octanol–water partition coefficient (Wildman–Crippen LogP) is 2.39. The standard InChI is InChI=1S/C13H10N2O/c16-8-7-15-12-4-2-1-3-10(12)11-5-6-14-9-13(11)15/h1-6,8-9H,7H2. The number of carbonyl (C=O) groups excluding carboxylic acids is 1. The minimum atomic E-state index is 0.371. The summed E-state index contributed by atoms with van der Waals surface area (Å²) in [5, 5.41) is 2.31. The summed E-state index contributed by atoms with van der Waals surface area (Å²) in [6.45, 7) is 0.371. The van der Waals surface area contributed by atoms with Gasteiger partial charge in [-0.2, -0.15) is 0 Å². The summed E-state index contributed by atoms with van der Waals surface area (Å²) in [5.74, 6) is 0. The molecule has 3 rings (SSSR count). The van der Waals surface area contributed by atoms with Crippen molar-refractivity contribution < 1.29 is 4.79 Å². The number of hydrogen-bond acceptors (Lipinski definition) is 2. The first-order valence-electron chi connectivity index (χ1n) is 5.16. The van der Waals surface area contributed by atoms with Crippen LogP contribution in [0.3, 0.4) is 0 Å². The van der Waals surface area contributed by atoms with Gasteiger partial charge in [0.05, 0.1) is 18.3 Å². The molecule has 2 aromatic heterocycles. The Morgan fingerprint density at radius 3 is 2.81 bits per heavy atom. The molecule has 3 heteroatoms. The van der Waals surface area contributed by atoms with E-state index in [4.69, 9.17) is 0 Å². The summed E-state index contributed by atoms with van der Waals surface area (Å²) < 4.78 is 1.99. The summed E-state index contributed by atoms with van der Waals surface area (Å²) in [6.07, 6.45) is 4.50. The van der Waals surface area contributed by atoms with E-state index in [1.54, 1.807) is 12.4 Å². The number of aromatic nitrogens is 2. The molecule has 78 valence electrons. The van der Waals surface area contributed by atoms with Gasteiger partial charge in [0.25, 0.3) is 0 Å².